The van der Waals surface area contributed by atoms with Gasteiger partial charge in [0.15, 0.2) is 0 Å². The fourth-order valence-corrected chi connectivity index (χ4v) is 0.558. The summed E-state index contributed by atoms with van der Waals surface area (Å²) < 4.78 is 9.01. The van der Waals surface area contributed by atoms with Crippen LogP contribution in [0.3, 0.4) is 0 Å². The van der Waals surface area contributed by atoms with Crippen molar-refractivity contribution < 1.29 is 24.2 Å². The average Bonchev–Trinajstić information content (AvgIpc) is 1.98. The predicted octanol–water partition coefficient (Wildman–Crippen LogP) is -0.686. The highest BCUT2D eigenvalue weighted by Crippen LogP contribution is 1.95. The van der Waals surface area contributed by atoms with Gasteiger partial charge in [0.25, 0.3) is 0 Å². The monoisotopic (exact) mass is 176 g/mol. The van der Waals surface area contributed by atoms with Crippen LogP contribution in [-0.2, 0) is 14.2 Å². The van der Waals surface area contributed by atoms with Crippen molar-refractivity contribution in [3.8, 4) is 0 Å². The molecule has 0 bridgehead atoms. The molecule has 0 amide bonds. The Hall–Kier alpha value is -0.585. The van der Waals surface area contributed by atoms with Crippen LogP contribution in [0.25, 0.3) is 0 Å². The fourth-order valence-electron chi connectivity index (χ4n) is 0.558. The molecular formula is C6H13BO5. The van der Waals surface area contributed by atoms with Crippen molar-refractivity contribution in [3.05, 3.63) is 0 Å². The Morgan fingerprint density at radius 3 is 2.58 bits per heavy atom. The van der Waals surface area contributed by atoms with Crippen molar-refractivity contribution in [2.45, 2.75) is 26.4 Å². The quantitative estimate of drug-likeness (QED) is 0.428. The van der Waals surface area contributed by atoms with Crippen LogP contribution in [0.5, 0.6) is 0 Å². The van der Waals surface area contributed by atoms with Gasteiger partial charge >= 0.3 is 13.3 Å². The third-order valence-electron chi connectivity index (χ3n) is 1.11. The number of hydrogen-bond donors (Lipinski definition) is 2. The van der Waals surface area contributed by atoms with E-state index in [0.717, 1.165) is 6.42 Å². The highest BCUT2D eigenvalue weighted by atomic mass is 16.6. The molecule has 0 saturated carbocycles. The van der Waals surface area contributed by atoms with Gasteiger partial charge in [-0.2, -0.15) is 0 Å². The topological polar surface area (TPSA) is 76.0 Å². The van der Waals surface area contributed by atoms with E-state index in [1.165, 1.54) is 6.92 Å². The van der Waals surface area contributed by atoms with Gasteiger partial charge in [-0.1, -0.05) is 6.92 Å². The molecule has 0 aliphatic carbocycles. The Morgan fingerprint density at radius 2 is 2.17 bits per heavy atom. The molecule has 0 aliphatic rings. The standard InChI is InChI=1S/C6H13BO5/c1-3-4-11-6(8)5(2)12-7(9)10/h5,9-10H,3-4H2,1-2H3. The Labute approximate surface area is 71.5 Å². The Bertz CT molecular complexity index is 138. The first kappa shape index (κ1) is 11.4. The van der Waals surface area contributed by atoms with E-state index in [0.29, 0.717) is 6.61 Å². The van der Waals surface area contributed by atoms with E-state index in [-0.39, 0.29) is 0 Å². The maximum Gasteiger partial charge on any atom is 0.634 e. The minimum atomic E-state index is -1.94. The molecule has 2 N–H and O–H groups in total. The molecule has 1 atom stereocenters. The third-order valence-corrected chi connectivity index (χ3v) is 1.11. The summed E-state index contributed by atoms with van der Waals surface area (Å²) in [6, 6.07) is 0. The molecule has 0 spiro atoms. The summed E-state index contributed by atoms with van der Waals surface area (Å²) in [4.78, 5) is 10.9. The summed E-state index contributed by atoms with van der Waals surface area (Å²) >= 11 is 0. The van der Waals surface area contributed by atoms with Gasteiger partial charge in [0, 0.05) is 0 Å². The zero-order valence-corrected chi connectivity index (χ0v) is 7.19. The lowest BCUT2D eigenvalue weighted by Crippen LogP contribution is -2.31. The molecule has 0 radical (unpaired) electrons. The number of carbonyl (C=O) groups is 1. The van der Waals surface area contributed by atoms with Gasteiger partial charge in [-0.3, -0.25) is 0 Å². The van der Waals surface area contributed by atoms with Gasteiger partial charge in [-0.25, -0.2) is 4.79 Å². The number of rotatable bonds is 5. The van der Waals surface area contributed by atoms with Crippen molar-refractivity contribution in [1.29, 1.82) is 0 Å². The van der Waals surface area contributed by atoms with Gasteiger partial charge in [-0.15, -0.1) is 0 Å². The van der Waals surface area contributed by atoms with Gasteiger partial charge in [-0.05, 0) is 13.3 Å². The van der Waals surface area contributed by atoms with E-state index in [9.17, 15) is 4.79 Å². The van der Waals surface area contributed by atoms with Crippen molar-refractivity contribution in [1.82, 2.24) is 0 Å². The van der Waals surface area contributed by atoms with Crippen molar-refractivity contribution in [3.63, 3.8) is 0 Å². The van der Waals surface area contributed by atoms with Crippen LogP contribution >= 0.6 is 0 Å². The van der Waals surface area contributed by atoms with Crippen molar-refractivity contribution in [2.24, 2.45) is 0 Å². The molecule has 0 fully saturated rings. The summed E-state index contributed by atoms with van der Waals surface area (Å²) in [6.07, 6.45) is -0.225. The molecule has 0 aromatic heterocycles. The molecule has 0 rings (SSSR count). The minimum Gasteiger partial charge on any atom is -0.464 e. The molecule has 6 heteroatoms. The van der Waals surface area contributed by atoms with Gasteiger partial charge in [0.05, 0.1) is 6.61 Å². The molecular weight excluding hydrogens is 163 g/mol. The summed E-state index contributed by atoms with van der Waals surface area (Å²) in [5.41, 5.74) is 0. The second-order valence-corrected chi connectivity index (χ2v) is 2.27. The van der Waals surface area contributed by atoms with E-state index < -0.39 is 19.4 Å². The Balaban J connectivity index is 3.61. The second-order valence-electron chi connectivity index (χ2n) is 2.27. The molecule has 70 valence electrons. The number of carbonyl (C=O) groups excluding carboxylic acids is 1. The predicted molar refractivity (Wildman–Crippen MR) is 42.0 cm³/mol. The smallest absolute Gasteiger partial charge is 0.464 e. The highest BCUT2D eigenvalue weighted by Gasteiger charge is 2.21. The average molecular weight is 176 g/mol. The lowest BCUT2D eigenvalue weighted by atomic mass is 10.2. The Morgan fingerprint density at radius 1 is 1.58 bits per heavy atom. The van der Waals surface area contributed by atoms with Crippen LogP contribution in [0, 0.1) is 0 Å². The van der Waals surface area contributed by atoms with E-state index in [1.807, 2.05) is 6.92 Å². The molecule has 5 nitrogen and oxygen atoms in total. The van der Waals surface area contributed by atoms with Gasteiger partial charge in [0.1, 0.15) is 6.10 Å². The molecule has 12 heavy (non-hydrogen) atoms. The van der Waals surface area contributed by atoms with Crippen LogP contribution in [-0.4, -0.2) is 36.0 Å². The van der Waals surface area contributed by atoms with Crippen molar-refractivity contribution in [2.75, 3.05) is 6.61 Å². The van der Waals surface area contributed by atoms with E-state index >= 15 is 0 Å². The first-order valence-electron chi connectivity index (χ1n) is 3.76. The molecule has 0 aromatic carbocycles. The third kappa shape index (κ3) is 5.12. The molecule has 0 heterocycles. The zero-order valence-electron chi connectivity index (χ0n) is 7.19. The zero-order chi connectivity index (χ0) is 9.56. The maximum atomic E-state index is 10.9. The van der Waals surface area contributed by atoms with Crippen LogP contribution in [0.2, 0.25) is 0 Å². The normalized spacial score (nSPS) is 12.3. The highest BCUT2D eigenvalue weighted by molar-refractivity contribution is 6.33. The van der Waals surface area contributed by atoms with E-state index in [4.69, 9.17) is 10.0 Å². The van der Waals surface area contributed by atoms with Gasteiger partial charge < -0.3 is 19.4 Å². The number of esters is 1. The summed E-state index contributed by atoms with van der Waals surface area (Å²) in [6.45, 7) is 3.56. The van der Waals surface area contributed by atoms with Crippen LogP contribution < -0.4 is 0 Å². The second kappa shape index (κ2) is 5.99. The van der Waals surface area contributed by atoms with Gasteiger partial charge in [0.2, 0.25) is 0 Å². The molecule has 0 aliphatic heterocycles. The first-order valence-corrected chi connectivity index (χ1v) is 3.76. The molecule has 0 saturated heterocycles. The maximum absolute atomic E-state index is 10.9. The van der Waals surface area contributed by atoms with Crippen LogP contribution in [0.15, 0.2) is 0 Å². The minimum absolute atomic E-state index is 0.314. The Kier molecular flexibility index (Phi) is 5.70. The molecule has 0 aromatic rings. The first-order chi connectivity index (χ1) is 5.57. The number of ether oxygens (including phenoxy) is 1. The summed E-state index contributed by atoms with van der Waals surface area (Å²) in [7, 11) is -1.94. The van der Waals surface area contributed by atoms with Crippen LogP contribution in [0.4, 0.5) is 0 Å². The van der Waals surface area contributed by atoms with E-state index in [1.54, 1.807) is 0 Å². The lowest BCUT2D eigenvalue weighted by molar-refractivity contribution is -0.152. The molecule has 1 unspecified atom stereocenters. The SMILES string of the molecule is CCCOC(=O)C(C)OB(O)O. The van der Waals surface area contributed by atoms with E-state index in [2.05, 4.69) is 9.39 Å². The number of hydrogen-bond acceptors (Lipinski definition) is 5. The lowest BCUT2D eigenvalue weighted by Gasteiger charge is -2.10. The summed E-state index contributed by atoms with van der Waals surface area (Å²) in [5, 5.41) is 16.6. The fraction of sp³-hybridized carbons (Fsp3) is 0.833. The van der Waals surface area contributed by atoms with Crippen molar-refractivity contribution >= 4 is 13.3 Å². The van der Waals surface area contributed by atoms with Crippen LogP contribution in [0.1, 0.15) is 20.3 Å². The summed E-state index contributed by atoms with van der Waals surface area (Å²) in [5.74, 6) is -0.593. The largest absolute Gasteiger partial charge is 0.634 e.